The Morgan fingerprint density at radius 1 is 1.44 bits per heavy atom. The van der Waals surface area contributed by atoms with Gasteiger partial charge in [-0.15, -0.1) is 0 Å². The maximum Gasteiger partial charge on any atom is 0.410 e. The van der Waals surface area contributed by atoms with Crippen LogP contribution in [-0.2, 0) is 22.5 Å². The number of nitrogens with zero attached hydrogens (tertiary/aromatic N) is 4. The number of nitro groups is 1. The molecule has 9 heteroatoms. The number of hydrogen-bond donors (Lipinski definition) is 0. The van der Waals surface area contributed by atoms with Crippen LogP contribution in [0.15, 0.2) is 12.3 Å². The van der Waals surface area contributed by atoms with Crippen molar-refractivity contribution in [3.05, 3.63) is 33.6 Å². The second-order valence-corrected chi connectivity index (χ2v) is 6.96. The van der Waals surface area contributed by atoms with Crippen LogP contribution in [0.3, 0.4) is 0 Å². The Labute approximate surface area is 145 Å². The number of ether oxygens (including phenoxy) is 1. The van der Waals surface area contributed by atoms with Crippen molar-refractivity contribution >= 4 is 17.7 Å². The molecule has 136 valence electrons. The summed E-state index contributed by atoms with van der Waals surface area (Å²) in [6.45, 7) is 5.84. The maximum atomic E-state index is 12.4. The average molecular weight is 350 g/mol. The zero-order valence-electron chi connectivity index (χ0n) is 14.8. The van der Waals surface area contributed by atoms with Gasteiger partial charge in [0.05, 0.1) is 4.92 Å². The molecule has 0 saturated heterocycles. The first-order chi connectivity index (χ1) is 11.6. The second-order valence-electron chi connectivity index (χ2n) is 6.96. The van der Waals surface area contributed by atoms with Crippen LogP contribution in [0, 0.1) is 10.1 Å². The molecule has 0 fully saturated rings. The lowest BCUT2D eigenvalue weighted by molar-refractivity contribution is -0.385. The van der Waals surface area contributed by atoms with Crippen LogP contribution in [0.2, 0.25) is 0 Å². The Kier molecular flexibility index (Phi) is 5.24. The second kappa shape index (κ2) is 7.04. The molecular weight excluding hydrogens is 328 g/mol. The van der Waals surface area contributed by atoms with E-state index in [1.54, 1.807) is 25.7 Å². The van der Waals surface area contributed by atoms with Gasteiger partial charge in [0.25, 0.3) is 5.69 Å². The van der Waals surface area contributed by atoms with E-state index in [4.69, 9.17) is 4.74 Å². The highest BCUT2D eigenvalue weighted by molar-refractivity contribution is 5.82. The molecule has 0 unspecified atom stereocenters. The first-order valence-electron chi connectivity index (χ1n) is 7.91. The number of aromatic nitrogens is 1. The minimum Gasteiger partial charge on any atom is -0.444 e. The Morgan fingerprint density at radius 3 is 2.72 bits per heavy atom. The Hall–Kier alpha value is -2.71. The van der Waals surface area contributed by atoms with Gasteiger partial charge in [0.2, 0.25) is 5.91 Å². The number of likely N-dealkylation sites (N-methyl/N-ethyl adjacent to an activating group) is 1. The van der Waals surface area contributed by atoms with Crippen LogP contribution in [-0.4, -0.2) is 57.4 Å². The lowest BCUT2D eigenvalue weighted by atomic mass is 10.1. The van der Waals surface area contributed by atoms with E-state index in [2.05, 4.69) is 4.98 Å². The molecule has 0 bridgehead atoms. The van der Waals surface area contributed by atoms with Crippen LogP contribution in [0.4, 0.5) is 10.5 Å². The first kappa shape index (κ1) is 18.6. The molecule has 1 aromatic rings. The maximum absolute atomic E-state index is 12.4. The van der Waals surface area contributed by atoms with Crippen molar-refractivity contribution in [2.75, 3.05) is 20.1 Å². The number of carbonyl (C=O) groups excluding carboxylic acids is 2. The topological polar surface area (TPSA) is 106 Å². The molecule has 0 saturated carbocycles. The fourth-order valence-electron chi connectivity index (χ4n) is 2.43. The summed E-state index contributed by atoms with van der Waals surface area (Å²) < 4.78 is 5.22. The molecule has 9 nitrogen and oxygen atoms in total. The van der Waals surface area contributed by atoms with Crippen molar-refractivity contribution in [3.63, 3.8) is 0 Å². The predicted molar refractivity (Wildman–Crippen MR) is 88.9 cm³/mol. The van der Waals surface area contributed by atoms with Crippen LogP contribution in [0.5, 0.6) is 0 Å². The van der Waals surface area contributed by atoms with Crippen molar-refractivity contribution in [2.24, 2.45) is 0 Å². The summed E-state index contributed by atoms with van der Waals surface area (Å²) in [6.07, 6.45) is 1.18. The summed E-state index contributed by atoms with van der Waals surface area (Å²) in [5, 5.41) is 10.9. The standard InChI is InChI=1S/C16H22N4O5/c1-16(2,3)25-15(22)18(4)10-14(21)19-6-5-13-11(9-19)7-12(8-17-13)20(23)24/h7-8H,5-6,9-10H2,1-4H3. The molecular formula is C16H22N4O5. The van der Waals surface area contributed by atoms with Crippen LogP contribution < -0.4 is 0 Å². The smallest absolute Gasteiger partial charge is 0.410 e. The van der Waals surface area contributed by atoms with Crippen LogP contribution in [0.25, 0.3) is 0 Å². The zero-order valence-corrected chi connectivity index (χ0v) is 14.8. The quantitative estimate of drug-likeness (QED) is 0.607. The third kappa shape index (κ3) is 4.88. The summed E-state index contributed by atoms with van der Waals surface area (Å²) in [4.78, 5) is 41.6. The van der Waals surface area contributed by atoms with E-state index in [9.17, 15) is 19.7 Å². The van der Waals surface area contributed by atoms with E-state index in [1.165, 1.54) is 24.2 Å². The van der Waals surface area contributed by atoms with Crippen molar-refractivity contribution < 1.29 is 19.2 Å². The van der Waals surface area contributed by atoms with E-state index in [1.807, 2.05) is 0 Å². The molecule has 1 aliphatic heterocycles. The van der Waals surface area contributed by atoms with Gasteiger partial charge in [0.15, 0.2) is 0 Å². The summed E-state index contributed by atoms with van der Waals surface area (Å²) in [6, 6.07) is 1.44. The molecule has 1 aliphatic rings. The van der Waals surface area contributed by atoms with Gasteiger partial charge in [-0.25, -0.2) is 4.79 Å². The third-order valence-electron chi connectivity index (χ3n) is 3.67. The van der Waals surface area contributed by atoms with E-state index in [0.29, 0.717) is 18.5 Å². The molecule has 0 atom stereocenters. The molecule has 2 heterocycles. The number of fused-ring (bicyclic) bond motifs is 1. The highest BCUT2D eigenvalue weighted by Gasteiger charge is 2.26. The summed E-state index contributed by atoms with van der Waals surface area (Å²) in [7, 11) is 1.50. The SMILES string of the molecule is CN(CC(=O)N1CCc2ncc([N+](=O)[O-])cc2C1)C(=O)OC(C)(C)C. The Bertz CT molecular complexity index is 698. The van der Waals surface area contributed by atoms with Gasteiger partial charge in [-0.3, -0.25) is 19.9 Å². The fourth-order valence-corrected chi connectivity index (χ4v) is 2.43. The highest BCUT2D eigenvalue weighted by atomic mass is 16.6. The molecule has 2 amide bonds. The number of carbonyl (C=O) groups is 2. The van der Waals surface area contributed by atoms with Gasteiger partial charge in [-0.1, -0.05) is 0 Å². The fraction of sp³-hybridized carbons (Fsp3) is 0.562. The van der Waals surface area contributed by atoms with Gasteiger partial charge in [0.1, 0.15) is 18.3 Å². The minimum atomic E-state index is -0.636. The van der Waals surface area contributed by atoms with Gasteiger partial charge >= 0.3 is 6.09 Å². The van der Waals surface area contributed by atoms with Crippen molar-refractivity contribution in [1.82, 2.24) is 14.8 Å². The normalized spacial score (nSPS) is 13.8. The van der Waals surface area contributed by atoms with Gasteiger partial charge < -0.3 is 14.5 Å². The predicted octanol–water partition coefficient (Wildman–Crippen LogP) is 1.74. The van der Waals surface area contributed by atoms with Crippen LogP contribution >= 0.6 is 0 Å². The minimum absolute atomic E-state index is 0.0982. The number of amides is 2. The third-order valence-corrected chi connectivity index (χ3v) is 3.67. The molecule has 25 heavy (non-hydrogen) atoms. The lowest BCUT2D eigenvalue weighted by Gasteiger charge is -2.30. The average Bonchev–Trinajstić information content (AvgIpc) is 2.51. The van der Waals surface area contributed by atoms with E-state index < -0.39 is 16.6 Å². The van der Waals surface area contributed by atoms with E-state index >= 15 is 0 Å². The van der Waals surface area contributed by atoms with Gasteiger partial charge in [-0.05, 0) is 26.3 Å². The van der Waals surface area contributed by atoms with Crippen LogP contribution in [0.1, 0.15) is 32.0 Å². The molecule has 0 radical (unpaired) electrons. The van der Waals surface area contributed by atoms with E-state index in [0.717, 1.165) is 5.69 Å². The van der Waals surface area contributed by atoms with Gasteiger partial charge in [0, 0.05) is 38.3 Å². The molecule has 0 N–H and O–H groups in total. The molecule has 0 spiro atoms. The highest BCUT2D eigenvalue weighted by Crippen LogP contribution is 2.21. The Morgan fingerprint density at radius 2 is 2.12 bits per heavy atom. The number of hydrogen-bond acceptors (Lipinski definition) is 6. The summed E-state index contributed by atoms with van der Waals surface area (Å²) in [5.74, 6) is -0.245. The molecule has 2 rings (SSSR count). The first-order valence-corrected chi connectivity index (χ1v) is 7.91. The molecule has 0 aliphatic carbocycles. The molecule has 0 aromatic carbocycles. The van der Waals surface area contributed by atoms with Crippen molar-refractivity contribution in [2.45, 2.75) is 39.3 Å². The monoisotopic (exact) mass is 350 g/mol. The van der Waals surface area contributed by atoms with Crippen molar-refractivity contribution in [1.29, 1.82) is 0 Å². The summed E-state index contributed by atoms with van der Waals surface area (Å²) >= 11 is 0. The van der Waals surface area contributed by atoms with Gasteiger partial charge in [-0.2, -0.15) is 0 Å². The van der Waals surface area contributed by atoms with Crippen molar-refractivity contribution in [3.8, 4) is 0 Å². The lowest BCUT2D eigenvalue weighted by Crippen LogP contribution is -2.44. The zero-order chi connectivity index (χ0) is 18.8. The largest absolute Gasteiger partial charge is 0.444 e. The Balaban J connectivity index is 2.01. The number of pyridine rings is 1. The summed E-state index contributed by atoms with van der Waals surface area (Å²) in [5.41, 5.74) is 0.686. The molecule has 1 aromatic heterocycles. The van der Waals surface area contributed by atoms with E-state index in [-0.39, 0.29) is 24.7 Å². The number of rotatable bonds is 3.